The highest BCUT2D eigenvalue weighted by molar-refractivity contribution is 9.10. The molecule has 1 aromatic carbocycles. The van der Waals surface area contributed by atoms with E-state index in [9.17, 15) is 13.6 Å². The Morgan fingerprint density at radius 1 is 1.42 bits per heavy atom. The highest BCUT2D eigenvalue weighted by Gasteiger charge is 2.19. The highest BCUT2D eigenvalue weighted by atomic mass is 79.9. The van der Waals surface area contributed by atoms with Gasteiger partial charge in [0.05, 0.1) is 0 Å². The Hall–Kier alpha value is -1.17. The normalized spacial score (nSPS) is 11.3. The Morgan fingerprint density at radius 3 is 2.63 bits per heavy atom. The number of benzene rings is 1. The third kappa shape index (κ3) is 4.78. The average molecular weight is 336 g/mol. The number of rotatable bonds is 5. The molecule has 0 saturated carbocycles. The minimum Gasteiger partial charge on any atom is -0.481 e. The van der Waals surface area contributed by atoms with Crippen molar-refractivity contribution in [1.29, 1.82) is 0 Å². The van der Waals surface area contributed by atoms with Gasteiger partial charge in [0.15, 0.2) is 18.2 Å². The molecular weight excluding hydrogens is 320 g/mol. The van der Waals surface area contributed by atoms with E-state index >= 15 is 0 Å². The lowest BCUT2D eigenvalue weighted by atomic mass is 10.0. The monoisotopic (exact) mass is 335 g/mol. The van der Waals surface area contributed by atoms with Crippen molar-refractivity contribution < 1.29 is 18.3 Å². The summed E-state index contributed by atoms with van der Waals surface area (Å²) < 4.78 is 31.8. The number of nitrogens with one attached hydrogen (secondary N) is 1. The molecule has 1 amide bonds. The Bertz CT molecular complexity index is 478. The van der Waals surface area contributed by atoms with Crippen LogP contribution < -0.4 is 10.1 Å². The Labute approximate surface area is 119 Å². The molecule has 3 nitrogen and oxygen atoms in total. The smallest absolute Gasteiger partial charge is 0.258 e. The van der Waals surface area contributed by atoms with E-state index in [1.54, 1.807) is 0 Å². The molecule has 106 valence electrons. The Kier molecular flexibility index (Phi) is 5.29. The number of halogens is 3. The largest absolute Gasteiger partial charge is 0.481 e. The van der Waals surface area contributed by atoms with Gasteiger partial charge in [-0.25, -0.2) is 4.39 Å². The molecule has 6 heteroatoms. The maximum atomic E-state index is 13.4. The second kappa shape index (κ2) is 6.32. The summed E-state index contributed by atoms with van der Waals surface area (Å²) in [6.45, 7) is 5.30. The summed E-state index contributed by atoms with van der Waals surface area (Å²) in [5.74, 6) is -2.81. The zero-order valence-electron chi connectivity index (χ0n) is 11.0. The third-order valence-corrected chi connectivity index (χ3v) is 3.14. The summed E-state index contributed by atoms with van der Waals surface area (Å²) in [6, 6.07) is 2.26. The molecule has 0 atom stereocenters. The highest BCUT2D eigenvalue weighted by Crippen LogP contribution is 2.25. The maximum absolute atomic E-state index is 13.4. The van der Waals surface area contributed by atoms with E-state index in [-0.39, 0.29) is 23.8 Å². The van der Waals surface area contributed by atoms with Crippen LogP contribution in [-0.2, 0) is 4.79 Å². The third-order valence-electron chi connectivity index (χ3n) is 2.68. The average Bonchev–Trinajstić information content (AvgIpc) is 2.31. The number of carbonyl (C=O) groups excluding carboxylic acids is 1. The van der Waals surface area contributed by atoms with Crippen LogP contribution in [0.3, 0.4) is 0 Å². The van der Waals surface area contributed by atoms with Gasteiger partial charge in [-0.1, -0.05) is 22.9 Å². The molecule has 0 heterocycles. The second-order valence-corrected chi connectivity index (χ2v) is 5.69. The first-order valence-electron chi connectivity index (χ1n) is 5.83. The van der Waals surface area contributed by atoms with Crippen molar-refractivity contribution in [2.24, 2.45) is 0 Å². The standard InChI is InChI=1S/C13H16BrF2NO2/c1-4-13(2,3)17-11(18)7-19-10-6-8(14)5-9(15)12(10)16/h5-6H,4,7H2,1-3H3,(H,17,18). The maximum Gasteiger partial charge on any atom is 0.258 e. The van der Waals surface area contributed by atoms with Gasteiger partial charge in [0.25, 0.3) is 5.91 Å². The quantitative estimate of drug-likeness (QED) is 0.837. The molecule has 19 heavy (non-hydrogen) atoms. The van der Waals surface area contributed by atoms with E-state index in [0.29, 0.717) is 4.47 Å². The van der Waals surface area contributed by atoms with E-state index in [2.05, 4.69) is 21.2 Å². The summed E-state index contributed by atoms with van der Waals surface area (Å²) in [5, 5.41) is 2.73. The van der Waals surface area contributed by atoms with Gasteiger partial charge in [-0.2, -0.15) is 4.39 Å². The summed E-state index contributed by atoms with van der Waals surface area (Å²) in [4.78, 5) is 11.6. The fourth-order valence-corrected chi connectivity index (χ4v) is 1.69. The summed E-state index contributed by atoms with van der Waals surface area (Å²) >= 11 is 3.03. The van der Waals surface area contributed by atoms with Crippen molar-refractivity contribution in [1.82, 2.24) is 5.32 Å². The van der Waals surface area contributed by atoms with E-state index in [0.717, 1.165) is 12.5 Å². The number of hydrogen-bond donors (Lipinski definition) is 1. The van der Waals surface area contributed by atoms with Crippen LogP contribution in [0.5, 0.6) is 5.75 Å². The van der Waals surface area contributed by atoms with Crippen LogP contribution in [0.2, 0.25) is 0 Å². The molecule has 0 unspecified atom stereocenters. The van der Waals surface area contributed by atoms with Crippen LogP contribution in [0.15, 0.2) is 16.6 Å². The molecule has 0 aromatic heterocycles. The Balaban J connectivity index is 2.65. The van der Waals surface area contributed by atoms with Crippen LogP contribution in [-0.4, -0.2) is 18.1 Å². The van der Waals surface area contributed by atoms with Gasteiger partial charge in [-0.15, -0.1) is 0 Å². The van der Waals surface area contributed by atoms with E-state index in [1.165, 1.54) is 6.07 Å². The predicted molar refractivity (Wildman–Crippen MR) is 72.1 cm³/mol. The fourth-order valence-electron chi connectivity index (χ4n) is 1.28. The molecular formula is C13H16BrF2NO2. The van der Waals surface area contributed by atoms with Crippen LogP contribution in [0, 0.1) is 11.6 Å². The molecule has 1 N–H and O–H groups in total. The van der Waals surface area contributed by atoms with Gasteiger partial charge in [0.2, 0.25) is 5.82 Å². The first-order valence-corrected chi connectivity index (χ1v) is 6.63. The molecule has 1 aromatic rings. The molecule has 0 saturated heterocycles. The summed E-state index contributed by atoms with van der Waals surface area (Å²) in [5.41, 5.74) is -0.360. The van der Waals surface area contributed by atoms with Crippen molar-refractivity contribution in [3.05, 3.63) is 28.2 Å². The summed E-state index contributed by atoms with van der Waals surface area (Å²) in [7, 11) is 0. The molecule has 1 rings (SSSR count). The molecule has 0 bridgehead atoms. The zero-order chi connectivity index (χ0) is 14.6. The van der Waals surface area contributed by atoms with Crippen LogP contribution in [0.25, 0.3) is 0 Å². The first kappa shape index (κ1) is 15.9. The van der Waals surface area contributed by atoms with E-state index < -0.39 is 11.6 Å². The molecule has 0 radical (unpaired) electrons. The lowest BCUT2D eigenvalue weighted by Crippen LogP contribution is -2.44. The molecule has 0 fully saturated rings. The van der Waals surface area contributed by atoms with Gasteiger partial charge in [-0.05, 0) is 32.4 Å². The van der Waals surface area contributed by atoms with E-state index in [1.807, 2.05) is 20.8 Å². The van der Waals surface area contributed by atoms with Gasteiger partial charge in [0.1, 0.15) is 0 Å². The van der Waals surface area contributed by atoms with Crippen molar-refractivity contribution in [3.8, 4) is 5.75 Å². The number of carbonyl (C=O) groups is 1. The van der Waals surface area contributed by atoms with Crippen molar-refractivity contribution >= 4 is 21.8 Å². The van der Waals surface area contributed by atoms with Crippen LogP contribution >= 0.6 is 15.9 Å². The molecule has 0 aliphatic rings. The minimum atomic E-state index is -1.11. The molecule has 0 aliphatic carbocycles. The van der Waals surface area contributed by atoms with Gasteiger partial charge in [0, 0.05) is 10.0 Å². The summed E-state index contributed by atoms with van der Waals surface area (Å²) in [6.07, 6.45) is 0.749. The number of ether oxygens (including phenoxy) is 1. The number of amides is 1. The fraction of sp³-hybridized carbons (Fsp3) is 0.462. The van der Waals surface area contributed by atoms with Gasteiger partial charge >= 0.3 is 0 Å². The lowest BCUT2D eigenvalue weighted by molar-refractivity contribution is -0.124. The SMILES string of the molecule is CCC(C)(C)NC(=O)COc1cc(Br)cc(F)c1F. The van der Waals surface area contributed by atoms with Gasteiger partial charge in [-0.3, -0.25) is 4.79 Å². The van der Waals surface area contributed by atoms with Crippen molar-refractivity contribution in [3.63, 3.8) is 0 Å². The van der Waals surface area contributed by atoms with E-state index in [4.69, 9.17) is 4.74 Å². The van der Waals surface area contributed by atoms with Crippen molar-refractivity contribution in [2.45, 2.75) is 32.7 Å². The molecule has 0 aliphatic heterocycles. The van der Waals surface area contributed by atoms with Crippen LogP contribution in [0.1, 0.15) is 27.2 Å². The minimum absolute atomic E-state index is 0.295. The first-order chi connectivity index (χ1) is 8.75. The Morgan fingerprint density at radius 2 is 2.05 bits per heavy atom. The lowest BCUT2D eigenvalue weighted by Gasteiger charge is -2.24. The number of hydrogen-bond acceptors (Lipinski definition) is 2. The van der Waals surface area contributed by atoms with Gasteiger partial charge < -0.3 is 10.1 Å². The predicted octanol–water partition coefficient (Wildman–Crippen LogP) is 3.41. The van der Waals surface area contributed by atoms with Crippen LogP contribution in [0.4, 0.5) is 8.78 Å². The molecule has 0 spiro atoms. The zero-order valence-corrected chi connectivity index (χ0v) is 12.6. The topological polar surface area (TPSA) is 38.3 Å². The second-order valence-electron chi connectivity index (χ2n) is 4.77. The van der Waals surface area contributed by atoms with Crippen molar-refractivity contribution in [2.75, 3.05) is 6.61 Å².